The highest BCUT2D eigenvalue weighted by Crippen LogP contribution is 2.33. The summed E-state index contributed by atoms with van der Waals surface area (Å²) in [5.41, 5.74) is -2.01. The van der Waals surface area contributed by atoms with Crippen molar-refractivity contribution in [3.05, 3.63) is 61.7 Å². The SMILES string of the molecule is Cc1[nH]n(C)c(=O)c1C(=O)c1ccc(S(C)(=O)=O)c(COc2cc(C(F)(F)F)nn2C)c1Cl. The third kappa shape index (κ3) is 4.69. The summed E-state index contributed by atoms with van der Waals surface area (Å²) in [4.78, 5) is 25.1. The minimum Gasteiger partial charge on any atom is -0.473 e. The van der Waals surface area contributed by atoms with Crippen LogP contribution in [0.15, 0.2) is 27.9 Å². The maximum absolute atomic E-state index is 13.0. The Morgan fingerprint density at radius 1 is 1.27 bits per heavy atom. The van der Waals surface area contributed by atoms with Gasteiger partial charge in [0.2, 0.25) is 11.7 Å². The number of alkyl halides is 3. The van der Waals surface area contributed by atoms with E-state index in [1.54, 1.807) is 0 Å². The van der Waals surface area contributed by atoms with E-state index in [0.717, 1.165) is 21.7 Å². The first-order chi connectivity index (χ1) is 15.1. The number of aromatic nitrogens is 4. The lowest BCUT2D eigenvalue weighted by Crippen LogP contribution is -2.20. The van der Waals surface area contributed by atoms with Crippen molar-refractivity contribution >= 4 is 27.2 Å². The van der Waals surface area contributed by atoms with Gasteiger partial charge in [-0.15, -0.1) is 0 Å². The molecule has 0 bridgehead atoms. The predicted octanol–water partition coefficient (Wildman–Crippen LogP) is 2.64. The van der Waals surface area contributed by atoms with Crippen molar-refractivity contribution in [2.45, 2.75) is 24.6 Å². The minimum atomic E-state index is -4.71. The molecule has 0 aliphatic rings. The fraction of sp³-hybridized carbons (Fsp3) is 0.316. The van der Waals surface area contributed by atoms with Crippen LogP contribution in [-0.2, 0) is 36.7 Å². The van der Waals surface area contributed by atoms with Gasteiger partial charge in [-0.1, -0.05) is 11.6 Å². The molecule has 2 heterocycles. The molecule has 2 aromatic heterocycles. The van der Waals surface area contributed by atoms with Gasteiger partial charge in [-0.3, -0.25) is 19.4 Å². The number of aryl methyl sites for hydroxylation is 3. The van der Waals surface area contributed by atoms with Gasteiger partial charge in [0.25, 0.3) is 5.56 Å². The number of carbonyl (C=O) groups excluding carboxylic acids is 1. The molecule has 0 aliphatic carbocycles. The van der Waals surface area contributed by atoms with Crippen LogP contribution in [0.25, 0.3) is 0 Å². The van der Waals surface area contributed by atoms with Crippen molar-refractivity contribution in [1.82, 2.24) is 19.6 Å². The molecule has 1 N–H and O–H groups in total. The first kappa shape index (κ1) is 24.6. The van der Waals surface area contributed by atoms with Gasteiger partial charge < -0.3 is 4.74 Å². The van der Waals surface area contributed by atoms with E-state index >= 15 is 0 Å². The minimum absolute atomic E-state index is 0.148. The molecule has 0 saturated carbocycles. The number of halogens is 4. The Bertz CT molecular complexity index is 1420. The molecule has 0 amide bonds. The monoisotopic (exact) mass is 506 g/mol. The van der Waals surface area contributed by atoms with Crippen LogP contribution >= 0.6 is 11.6 Å². The molecule has 0 saturated heterocycles. The van der Waals surface area contributed by atoms with Crippen LogP contribution in [0.5, 0.6) is 5.88 Å². The summed E-state index contributed by atoms with van der Waals surface area (Å²) >= 11 is 6.37. The third-order valence-corrected chi connectivity index (χ3v) is 6.41. The Hall–Kier alpha value is -3.06. The van der Waals surface area contributed by atoms with E-state index < -0.39 is 39.7 Å². The van der Waals surface area contributed by atoms with Gasteiger partial charge >= 0.3 is 6.18 Å². The number of rotatable bonds is 6. The van der Waals surface area contributed by atoms with Gasteiger partial charge in [0.05, 0.1) is 9.92 Å². The number of aromatic amines is 1. The van der Waals surface area contributed by atoms with Gasteiger partial charge in [-0.05, 0) is 19.1 Å². The highest BCUT2D eigenvalue weighted by molar-refractivity contribution is 7.90. The molecule has 0 fully saturated rings. The molecule has 1 aromatic carbocycles. The number of hydrogen-bond donors (Lipinski definition) is 1. The molecule has 33 heavy (non-hydrogen) atoms. The van der Waals surface area contributed by atoms with Crippen molar-refractivity contribution in [3.8, 4) is 5.88 Å². The fourth-order valence-corrected chi connectivity index (χ4v) is 4.50. The number of hydrogen-bond acceptors (Lipinski definition) is 6. The molecule has 3 rings (SSSR count). The number of nitrogens with one attached hydrogen (secondary N) is 1. The third-order valence-electron chi connectivity index (χ3n) is 4.79. The van der Waals surface area contributed by atoms with E-state index in [0.29, 0.717) is 6.07 Å². The Balaban J connectivity index is 2.08. The Morgan fingerprint density at radius 2 is 1.91 bits per heavy atom. The molecule has 0 unspecified atom stereocenters. The van der Waals surface area contributed by atoms with E-state index in [-0.39, 0.29) is 38.2 Å². The molecule has 14 heteroatoms. The molecule has 178 valence electrons. The number of benzene rings is 1. The van der Waals surface area contributed by atoms with Crippen molar-refractivity contribution in [1.29, 1.82) is 0 Å². The van der Waals surface area contributed by atoms with Crippen LogP contribution in [-0.4, -0.2) is 40.0 Å². The lowest BCUT2D eigenvalue weighted by Gasteiger charge is -2.14. The van der Waals surface area contributed by atoms with Crippen molar-refractivity contribution in [3.63, 3.8) is 0 Å². The predicted molar refractivity (Wildman–Crippen MR) is 111 cm³/mol. The smallest absolute Gasteiger partial charge is 0.435 e. The first-order valence-corrected chi connectivity index (χ1v) is 11.5. The molecular weight excluding hydrogens is 489 g/mol. The van der Waals surface area contributed by atoms with Crippen molar-refractivity contribution < 1.29 is 31.1 Å². The summed E-state index contributed by atoms with van der Waals surface area (Å²) in [7, 11) is -1.22. The highest BCUT2D eigenvalue weighted by atomic mass is 35.5. The van der Waals surface area contributed by atoms with E-state index in [9.17, 15) is 31.2 Å². The lowest BCUT2D eigenvalue weighted by atomic mass is 10.0. The average Bonchev–Trinajstić information content (AvgIpc) is 3.18. The standard InChI is InChI=1S/C19H18ClF3N4O5S/c1-9-15(18(29)27(3)24-9)17(28)10-5-6-12(33(4,30)31)11(16(10)20)8-32-14-7-13(19(21,22)23)25-26(14)2/h5-7,24H,8H2,1-4H3. The van der Waals surface area contributed by atoms with Crippen LogP contribution in [0.2, 0.25) is 5.02 Å². The number of sulfone groups is 1. The molecule has 9 nitrogen and oxygen atoms in total. The lowest BCUT2D eigenvalue weighted by molar-refractivity contribution is -0.141. The second-order valence-electron chi connectivity index (χ2n) is 7.26. The molecule has 0 radical (unpaired) electrons. The second-order valence-corrected chi connectivity index (χ2v) is 9.62. The molecule has 3 aromatic rings. The van der Waals surface area contributed by atoms with Crippen molar-refractivity contribution in [2.75, 3.05) is 6.26 Å². The number of nitrogens with zero attached hydrogens (tertiary/aromatic N) is 3. The summed E-state index contributed by atoms with van der Waals surface area (Å²) < 4.78 is 70.5. The summed E-state index contributed by atoms with van der Waals surface area (Å²) in [5, 5.41) is 5.70. The van der Waals surface area contributed by atoms with Gasteiger partial charge in [-0.2, -0.15) is 18.3 Å². The van der Waals surface area contributed by atoms with Crippen LogP contribution in [0.3, 0.4) is 0 Å². The molecular formula is C19H18ClF3N4O5S. The maximum atomic E-state index is 13.0. The van der Waals surface area contributed by atoms with Gasteiger partial charge in [0, 0.05) is 43.2 Å². The van der Waals surface area contributed by atoms with Crippen LogP contribution in [0.4, 0.5) is 13.2 Å². The van der Waals surface area contributed by atoms with E-state index in [1.807, 2.05) is 0 Å². The van der Waals surface area contributed by atoms with E-state index in [2.05, 4.69) is 10.2 Å². The van der Waals surface area contributed by atoms with Crippen LogP contribution in [0.1, 0.15) is 32.9 Å². The van der Waals surface area contributed by atoms with Crippen LogP contribution in [0, 0.1) is 6.92 Å². The molecule has 0 spiro atoms. The largest absolute Gasteiger partial charge is 0.473 e. The normalized spacial score (nSPS) is 12.2. The highest BCUT2D eigenvalue weighted by Gasteiger charge is 2.35. The number of ketones is 1. The summed E-state index contributed by atoms with van der Waals surface area (Å²) in [6.45, 7) is 0.932. The Kier molecular flexibility index (Phi) is 6.24. The second kappa shape index (κ2) is 8.37. The van der Waals surface area contributed by atoms with Crippen molar-refractivity contribution in [2.24, 2.45) is 14.1 Å². The summed E-state index contributed by atoms with van der Waals surface area (Å²) in [6, 6.07) is 2.95. The first-order valence-electron chi connectivity index (χ1n) is 9.18. The average molecular weight is 507 g/mol. The van der Waals surface area contributed by atoms with Gasteiger partial charge in [0.15, 0.2) is 15.5 Å². The zero-order chi connectivity index (χ0) is 24.9. The zero-order valence-electron chi connectivity index (χ0n) is 17.7. The molecule has 0 atom stereocenters. The van der Waals surface area contributed by atoms with Crippen LogP contribution < -0.4 is 10.3 Å². The Morgan fingerprint density at radius 3 is 2.39 bits per heavy atom. The van der Waals surface area contributed by atoms with Gasteiger partial charge in [0.1, 0.15) is 12.2 Å². The van der Waals surface area contributed by atoms with E-state index in [1.165, 1.54) is 27.1 Å². The molecule has 0 aliphatic heterocycles. The summed E-state index contributed by atoms with van der Waals surface area (Å²) in [5.74, 6) is -1.05. The Labute approximate surface area is 190 Å². The number of H-pyrrole nitrogens is 1. The maximum Gasteiger partial charge on any atom is 0.435 e. The number of ether oxygens (including phenoxy) is 1. The van der Waals surface area contributed by atoms with Gasteiger partial charge in [-0.25, -0.2) is 13.1 Å². The fourth-order valence-electron chi connectivity index (χ4n) is 3.22. The summed E-state index contributed by atoms with van der Waals surface area (Å²) in [6.07, 6.45) is -3.80. The number of carbonyl (C=O) groups is 1. The van der Waals surface area contributed by atoms with E-state index in [4.69, 9.17) is 16.3 Å². The zero-order valence-corrected chi connectivity index (χ0v) is 19.3. The quantitative estimate of drug-likeness (QED) is 0.514. The topological polar surface area (TPSA) is 116 Å².